The van der Waals surface area contributed by atoms with Crippen LogP contribution in [0.25, 0.3) is 0 Å². The van der Waals surface area contributed by atoms with Gasteiger partial charge in [-0.3, -0.25) is 19.2 Å². The molecule has 0 saturated carbocycles. The van der Waals surface area contributed by atoms with Gasteiger partial charge in [0.25, 0.3) is 3.91 Å². The van der Waals surface area contributed by atoms with E-state index in [-0.39, 0.29) is 12.2 Å². The Kier molecular flexibility index (Phi) is 9.50. The first-order valence-corrected chi connectivity index (χ1v) is 7.35. The average molecular weight is 412 g/mol. The van der Waals surface area contributed by atoms with Gasteiger partial charge in [0.15, 0.2) is 11.8 Å². The molecule has 2 amide bonds. The van der Waals surface area contributed by atoms with Crippen molar-refractivity contribution in [2.24, 2.45) is 0 Å². The number of hydrogen-bond donors (Lipinski definition) is 3. The minimum Gasteiger partial charge on any atom is -0.479 e. The number of rotatable bonds is 10. The minimum absolute atomic E-state index is 0.0505. The molecule has 0 unspecified atom stereocenters. The molecule has 8 nitrogen and oxygen atoms in total. The normalized spacial score (nSPS) is 11.3. The molecule has 118 valence electrons. The summed E-state index contributed by atoms with van der Waals surface area (Å²) in [6, 6.07) is -1.68. The second kappa shape index (κ2) is 10.2. The second-order valence-corrected chi connectivity index (χ2v) is 5.16. The van der Waals surface area contributed by atoms with Gasteiger partial charge in [-0.25, -0.2) is 4.79 Å². The summed E-state index contributed by atoms with van der Waals surface area (Å²) in [7, 11) is 0. The van der Waals surface area contributed by atoms with Crippen LogP contribution in [0.3, 0.4) is 0 Å². The summed E-state index contributed by atoms with van der Waals surface area (Å²) in [6.45, 7) is 1.24. The van der Waals surface area contributed by atoms with Crippen molar-refractivity contribution in [3.8, 4) is 0 Å². The first kappa shape index (κ1) is 19.5. The van der Waals surface area contributed by atoms with Crippen molar-refractivity contribution in [3.05, 3.63) is 0 Å². The Labute approximate surface area is 135 Å². The van der Waals surface area contributed by atoms with Crippen LogP contribution in [-0.2, 0) is 19.2 Å². The highest BCUT2D eigenvalue weighted by molar-refractivity contribution is 14.1. The van der Waals surface area contributed by atoms with Crippen LogP contribution in [0.4, 0.5) is 4.79 Å². The lowest BCUT2D eigenvalue weighted by Gasteiger charge is -2.12. The van der Waals surface area contributed by atoms with Crippen LogP contribution in [0.2, 0.25) is 0 Å². The maximum atomic E-state index is 11.6. The topological polar surface area (TPSA) is 130 Å². The van der Waals surface area contributed by atoms with Crippen LogP contribution >= 0.6 is 22.6 Å². The Hall–Kier alpha value is -1.52. The zero-order chi connectivity index (χ0) is 16.4. The summed E-state index contributed by atoms with van der Waals surface area (Å²) in [5.41, 5.74) is 0. The van der Waals surface area contributed by atoms with Gasteiger partial charge in [-0.05, 0) is 6.42 Å². The highest BCUT2D eigenvalue weighted by Gasteiger charge is 2.27. The third-order valence-electron chi connectivity index (χ3n) is 2.54. The van der Waals surface area contributed by atoms with E-state index in [1.54, 1.807) is 6.92 Å². The van der Waals surface area contributed by atoms with Crippen molar-refractivity contribution in [2.75, 3.05) is 6.54 Å². The van der Waals surface area contributed by atoms with E-state index in [0.717, 1.165) is 0 Å². The Morgan fingerprint density at radius 3 is 2.24 bits per heavy atom. The van der Waals surface area contributed by atoms with E-state index >= 15 is 0 Å². The van der Waals surface area contributed by atoms with Crippen LogP contribution < -0.4 is 10.6 Å². The zero-order valence-corrected chi connectivity index (χ0v) is 13.6. The molecule has 9 heteroatoms. The number of nitrogens with one attached hydrogen (secondary N) is 2. The van der Waals surface area contributed by atoms with E-state index in [1.807, 2.05) is 5.32 Å². The molecule has 0 aromatic carbocycles. The highest BCUT2D eigenvalue weighted by Crippen LogP contribution is 1.99. The lowest BCUT2D eigenvalue weighted by atomic mass is 10.1. The molecule has 0 radical (unpaired) electrons. The van der Waals surface area contributed by atoms with E-state index in [9.17, 15) is 24.0 Å². The third-order valence-corrected chi connectivity index (χ3v) is 2.85. The summed E-state index contributed by atoms with van der Waals surface area (Å²) in [5, 5.41) is 13.0. The van der Waals surface area contributed by atoms with Gasteiger partial charge < -0.3 is 15.7 Å². The molecule has 21 heavy (non-hydrogen) atoms. The molecule has 0 fully saturated rings. The predicted molar refractivity (Wildman–Crippen MR) is 81.1 cm³/mol. The fourth-order valence-electron chi connectivity index (χ4n) is 1.39. The number of Topliss-reactive ketones (excluding diaryl/α,β-unsaturated/α-hetero) is 2. The van der Waals surface area contributed by atoms with Crippen molar-refractivity contribution in [2.45, 2.75) is 38.6 Å². The number of carboxylic acids is 1. The molecule has 0 rings (SSSR count). The summed E-state index contributed by atoms with van der Waals surface area (Å²) in [6.07, 6.45) is 1.16. The minimum atomic E-state index is -1.68. The smallest absolute Gasteiger partial charge is 0.334 e. The molecule has 0 aliphatic rings. The second-order valence-electron chi connectivity index (χ2n) is 4.18. The van der Waals surface area contributed by atoms with E-state index in [0.29, 0.717) is 19.3 Å². The number of carbonyl (C=O) groups excluding carboxylic acids is 4. The molecule has 0 aromatic heterocycles. The van der Waals surface area contributed by atoms with E-state index in [2.05, 4.69) is 5.32 Å². The number of halogens is 1. The molecular weight excluding hydrogens is 395 g/mol. The van der Waals surface area contributed by atoms with Crippen LogP contribution in [0.15, 0.2) is 0 Å². The lowest BCUT2D eigenvalue weighted by molar-refractivity contribution is -0.143. The number of carboxylic acid groups (broad SMARTS) is 1. The van der Waals surface area contributed by atoms with Gasteiger partial charge in [-0.1, -0.05) is 6.92 Å². The number of carbonyl (C=O) groups is 5. The van der Waals surface area contributed by atoms with E-state index < -0.39 is 34.2 Å². The number of amides is 2. The third kappa shape index (κ3) is 9.10. The average Bonchev–Trinajstić information content (AvgIpc) is 2.41. The molecule has 0 heterocycles. The molecule has 3 N–H and O–H groups in total. The van der Waals surface area contributed by atoms with Gasteiger partial charge in [0.2, 0.25) is 5.91 Å². The molecule has 0 aromatic rings. The molecule has 0 spiro atoms. The molecule has 0 aliphatic carbocycles. The molecule has 0 aliphatic heterocycles. The van der Waals surface area contributed by atoms with Gasteiger partial charge in [0, 0.05) is 41.9 Å². The van der Waals surface area contributed by atoms with Crippen molar-refractivity contribution in [1.29, 1.82) is 0 Å². The van der Waals surface area contributed by atoms with Crippen molar-refractivity contribution < 1.29 is 29.1 Å². The number of ketones is 2. The van der Waals surface area contributed by atoms with Crippen LogP contribution in [0.1, 0.15) is 32.6 Å². The van der Waals surface area contributed by atoms with Crippen molar-refractivity contribution in [1.82, 2.24) is 10.6 Å². The quantitative estimate of drug-likeness (QED) is 0.206. The van der Waals surface area contributed by atoms with Crippen molar-refractivity contribution in [3.63, 3.8) is 0 Å². The van der Waals surface area contributed by atoms with E-state index in [1.165, 1.54) is 22.6 Å². The summed E-state index contributed by atoms with van der Waals surface area (Å²) < 4.78 is -0.683. The Morgan fingerprint density at radius 2 is 1.76 bits per heavy atom. The highest BCUT2D eigenvalue weighted by atomic mass is 127. The first-order chi connectivity index (χ1) is 9.77. The summed E-state index contributed by atoms with van der Waals surface area (Å²) in [4.78, 5) is 55.6. The first-order valence-electron chi connectivity index (χ1n) is 6.27. The largest absolute Gasteiger partial charge is 0.479 e. The number of hydrogen-bond acceptors (Lipinski definition) is 5. The fourth-order valence-corrected chi connectivity index (χ4v) is 1.70. The van der Waals surface area contributed by atoms with Crippen LogP contribution in [0, 0.1) is 0 Å². The standard InChI is InChI=1S/C12H17IN2O6/c1-2-7(16)4-3-5-9(18)14-6-8(17)10(11(19)20)15-12(13)21/h10H,2-6H2,1H3,(H,14,18)(H,15,21)(H,19,20)/t10-/m1/s1. The van der Waals surface area contributed by atoms with Crippen LogP contribution in [0.5, 0.6) is 0 Å². The Balaban J connectivity index is 4.15. The monoisotopic (exact) mass is 412 g/mol. The van der Waals surface area contributed by atoms with Gasteiger partial charge in [0.05, 0.1) is 6.54 Å². The van der Waals surface area contributed by atoms with E-state index in [4.69, 9.17) is 5.11 Å². The maximum absolute atomic E-state index is 11.6. The molecule has 1 atom stereocenters. The lowest BCUT2D eigenvalue weighted by Crippen LogP contribution is -2.48. The van der Waals surface area contributed by atoms with Crippen LogP contribution in [-0.4, -0.2) is 45.1 Å². The molecule has 0 bridgehead atoms. The summed E-state index contributed by atoms with van der Waals surface area (Å²) in [5.74, 6) is -2.72. The van der Waals surface area contributed by atoms with Crippen molar-refractivity contribution >= 4 is 49.9 Å². The molecule has 0 saturated heterocycles. The molecular formula is C12H17IN2O6. The maximum Gasteiger partial charge on any atom is 0.334 e. The predicted octanol–water partition coefficient (Wildman–Crippen LogP) is 0.419. The van der Waals surface area contributed by atoms with Gasteiger partial charge in [-0.15, -0.1) is 0 Å². The number of aliphatic carboxylic acids is 1. The zero-order valence-electron chi connectivity index (χ0n) is 11.5. The Bertz CT molecular complexity index is 437. The van der Waals surface area contributed by atoms with Gasteiger partial charge in [0.1, 0.15) is 5.78 Å². The SMILES string of the molecule is CCC(=O)CCCC(=O)NCC(=O)[C@@H](NC(=O)I)C(=O)O. The summed E-state index contributed by atoms with van der Waals surface area (Å²) >= 11 is 1.31. The van der Waals surface area contributed by atoms with Gasteiger partial charge in [-0.2, -0.15) is 0 Å². The van der Waals surface area contributed by atoms with Gasteiger partial charge >= 0.3 is 5.97 Å². The Morgan fingerprint density at radius 1 is 1.14 bits per heavy atom. The fraction of sp³-hybridized carbons (Fsp3) is 0.583.